The van der Waals surface area contributed by atoms with Gasteiger partial charge in [-0.2, -0.15) is 0 Å². The molecule has 2 amide bonds. The van der Waals surface area contributed by atoms with Crippen LogP contribution in [-0.2, 0) is 32.6 Å². The van der Waals surface area contributed by atoms with E-state index in [1.165, 1.54) is 11.9 Å². The molecule has 37 heavy (non-hydrogen) atoms. The number of para-hydroxylation sites is 1. The van der Waals surface area contributed by atoms with E-state index in [1.807, 2.05) is 50.2 Å². The first-order valence-electron chi connectivity index (χ1n) is 12.0. The molecule has 0 spiro atoms. The molecule has 0 aliphatic carbocycles. The van der Waals surface area contributed by atoms with Crippen LogP contribution in [0.4, 0.5) is 5.69 Å². The van der Waals surface area contributed by atoms with Crippen LogP contribution in [0.3, 0.4) is 0 Å². The molecule has 0 unspecified atom stereocenters. The molecule has 1 N–H and O–H groups in total. The van der Waals surface area contributed by atoms with Crippen LogP contribution in [0.5, 0.6) is 0 Å². The van der Waals surface area contributed by atoms with Crippen molar-refractivity contribution in [3.63, 3.8) is 0 Å². The number of aryl methyl sites for hydroxylation is 2. The maximum Gasteiger partial charge on any atom is 0.264 e. The number of carbonyl (C=O) groups is 2. The summed E-state index contributed by atoms with van der Waals surface area (Å²) in [6.45, 7) is 5.14. The fourth-order valence-electron chi connectivity index (χ4n) is 3.98. The van der Waals surface area contributed by atoms with Gasteiger partial charge in [-0.3, -0.25) is 13.9 Å². The fraction of sp³-hybridized carbons (Fsp3) is 0.286. The average Bonchev–Trinajstić information content (AvgIpc) is 2.90. The van der Waals surface area contributed by atoms with Gasteiger partial charge in [-0.1, -0.05) is 70.9 Å². The second kappa shape index (κ2) is 12.4. The number of carbonyl (C=O) groups excluding carboxylic acids is 2. The number of benzene rings is 3. The topological polar surface area (TPSA) is 86.8 Å². The number of halogens is 1. The highest BCUT2D eigenvalue weighted by Gasteiger charge is 2.33. The lowest BCUT2D eigenvalue weighted by Gasteiger charge is -2.32. The van der Waals surface area contributed by atoms with E-state index in [9.17, 15) is 18.0 Å². The van der Waals surface area contributed by atoms with Gasteiger partial charge in [-0.25, -0.2) is 8.42 Å². The van der Waals surface area contributed by atoms with Crippen LogP contribution >= 0.6 is 15.9 Å². The second-order valence-corrected chi connectivity index (χ2v) is 11.5. The Kier molecular flexibility index (Phi) is 9.50. The monoisotopic (exact) mass is 585 g/mol. The van der Waals surface area contributed by atoms with E-state index in [-0.39, 0.29) is 17.3 Å². The van der Waals surface area contributed by atoms with Gasteiger partial charge in [0.2, 0.25) is 11.8 Å². The summed E-state index contributed by atoms with van der Waals surface area (Å²) in [5.74, 6) is -0.826. The Morgan fingerprint density at radius 1 is 0.973 bits per heavy atom. The average molecular weight is 587 g/mol. The number of hydrogen-bond acceptors (Lipinski definition) is 4. The summed E-state index contributed by atoms with van der Waals surface area (Å²) in [4.78, 5) is 27.9. The molecule has 3 aromatic carbocycles. The molecule has 0 heterocycles. The number of amides is 2. The summed E-state index contributed by atoms with van der Waals surface area (Å²) >= 11 is 3.41. The Bertz CT molecular complexity index is 1340. The molecule has 1 atom stereocenters. The highest BCUT2D eigenvalue weighted by Crippen LogP contribution is 2.28. The third-order valence-electron chi connectivity index (χ3n) is 6.21. The van der Waals surface area contributed by atoms with Crippen molar-refractivity contribution in [3.05, 3.63) is 94.0 Å². The second-order valence-electron chi connectivity index (χ2n) is 8.75. The Balaban J connectivity index is 2.06. The summed E-state index contributed by atoms with van der Waals surface area (Å²) in [5.41, 5.74) is 2.98. The Labute approximate surface area is 227 Å². The summed E-state index contributed by atoms with van der Waals surface area (Å²) in [5, 5.41) is 2.59. The summed E-state index contributed by atoms with van der Waals surface area (Å²) in [7, 11) is -2.58. The molecule has 7 nitrogen and oxygen atoms in total. The largest absolute Gasteiger partial charge is 0.357 e. The smallest absolute Gasteiger partial charge is 0.264 e. The van der Waals surface area contributed by atoms with Crippen LogP contribution in [0.15, 0.2) is 82.2 Å². The molecule has 0 bridgehead atoms. The van der Waals surface area contributed by atoms with Crippen LogP contribution in [0, 0.1) is 6.92 Å². The maximum absolute atomic E-state index is 13.9. The van der Waals surface area contributed by atoms with Crippen molar-refractivity contribution in [2.24, 2.45) is 0 Å². The van der Waals surface area contributed by atoms with Crippen molar-refractivity contribution in [3.8, 4) is 0 Å². The van der Waals surface area contributed by atoms with Crippen molar-refractivity contribution in [2.75, 3.05) is 17.9 Å². The van der Waals surface area contributed by atoms with Crippen molar-refractivity contribution in [1.29, 1.82) is 0 Å². The zero-order valence-electron chi connectivity index (χ0n) is 21.4. The molecular formula is C28H32BrN3O4S. The van der Waals surface area contributed by atoms with Gasteiger partial charge < -0.3 is 10.2 Å². The molecule has 196 valence electrons. The van der Waals surface area contributed by atoms with Gasteiger partial charge in [0.05, 0.1) is 10.6 Å². The van der Waals surface area contributed by atoms with Crippen LogP contribution < -0.4 is 9.62 Å². The molecule has 3 aromatic rings. The number of nitrogens with one attached hydrogen (secondary N) is 1. The summed E-state index contributed by atoms with van der Waals surface area (Å²) < 4.78 is 29.8. The van der Waals surface area contributed by atoms with Crippen molar-refractivity contribution >= 4 is 43.5 Å². The van der Waals surface area contributed by atoms with Crippen LogP contribution in [0.25, 0.3) is 0 Å². The first-order valence-corrected chi connectivity index (χ1v) is 14.2. The zero-order chi connectivity index (χ0) is 27.2. The molecule has 9 heteroatoms. The molecule has 3 rings (SSSR count). The number of nitrogens with zero attached hydrogens (tertiary/aromatic N) is 2. The molecule has 0 aliphatic heterocycles. The van der Waals surface area contributed by atoms with E-state index in [0.29, 0.717) is 12.1 Å². The van der Waals surface area contributed by atoms with Gasteiger partial charge in [0.25, 0.3) is 10.0 Å². The molecular weight excluding hydrogens is 554 g/mol. The van der Waals surface area contributed by atoms with E-state index < -0.39 is 28.5 Å². The van der Waals surface area contributed by atoms with Crippen LogP contribution in [0.1, 0.15) is 30.5 Å². The minimum atomic E-state index is -4.08. The van der Waals surface area contributed by atoms with Gasteiger partial charge in [-0.15, -0.1) is 0 Å². The van der Waals surface area contributed by atoms with Crippen molar-refractivity contribution < 1.29 is 18.0 Å². The minimum absolute atomic E-state index is 0.0932. The molecule has 0 saturated carbocycles. The lowest BCUT2D eigenvalue weighted by atomic mass is 10.1. The molecule has 0 aliphatic rings. The predicted octanol–water partition coefficient (Wildman–Crippen LogP) is 4.68. The molecule has 0 aromatic heterocycles. The quantitative estimate of drug-likeness (QED) is 0.374. The Hall–Kier alpha value is -3.17. The lowest BCUT2D eigenvalue weighted by Crippen LogP contribution is -2.50. The number of anilines is 1. The third kappa shape index (κ3) is 6.78. The van der Waals surface area contributed by atoms with E-state index in [1.54, 1.807) is 43.3 Å². The first-order chi connectivity index (χ1) is 17.6. The number of sulfonamides is 1. The highest BCUT2D eigenvalue weighted by atomic mass is 79.9. The minimum Gasteiger partial charge on any atom is -0.357 e. The Morgan fingerprint density at radius 3 is 2.19 bits per heavy atom. The SMILES string of the molecule is CCc1ccccc1N(CC(=O)N(Cc1ccc(Br)cc1)[C@H](C)C(=O)NC)S(=O)(=O)c1ccc(C)cc1. The third-order valence-corrected chi connectivity index (χ3v) is 8.51. The van der Waals surface area contributed by atoms with Crippen LogP contribution in [-0.4, -0.2) is 44.8 Å². The number of rotatable bonds is 10. The molecule has 0 saturated heterocycles. The summed E-state index contributed by atoms with van der Waals surface area (Å²) in [6.07, 6.45) is 0.585. The maximum atomic E-state index is 13.9. The number of likely N-dealkylation sites (N-methyl/N-ethyl adjacent to an activating group) is 1. The van der Waals surface area contributed by atoms with Crippen LogP contribution in [0.2, 0.25) is 0 Å². The van der Waals surface area contributed by atoms with E-state index >= 15 is 0 Å². The Morgan fingerprint density at radius 2 is 1.59 bits per heavy atom. The fourth-order valence-corrected chi connectivity index (χ4v) is 5.70. The standard InChI is InChI=1S/C28H32BrN3O4S/c1-5-23-8-6-7-9-26(23)32(37(35,36)25-16-10-20(2)11-17-25)19-27(33)31(21(3)28(34)30-4)18-22-12-14-24(29)15-13-22/h6-17,21H,5,18-19H2,1-4H3,(H,30,34)/t21-/m1/s1. The van der Waals surface area contributed by atoms with Gasteiger partial charge >= 0.3 is 0 Å². The van der Waals surface area contributed by atoms with Gasteiger partial charge in [-0.05, 0) is 61.7 Å². The summed E-state index contributed by atoms with van der Waals surface area (Å²) in [6, 6.07) is 20.3. The molecule has 0 radical (unpaired) electrons. The normalized spacial score (nSPS) is 12.0. The van der Waals surface area contributed by atoms with Gasteiger partial charge in [0.15, 0.2) is 0 Å². The van der Waals surface area contributed by atoms with E-state index in [4.69, 9.17) is 0 Å². The number of hydrogen-bond donors (Lipinski definition) is 1. The van der Waals surface area contributed by atoms with Gasteiger partial charge in [0.1, 0.15) is 12.6 Å². The van der Waals surface area contributed by atoms with E-state index in [2.05, 4.69) is 21.2 Å². The van der Waals surface area contributed by atoms with Crippen molar-refractivity contribution in [1.82, 2.24) is 10.2 Å². The first kappa shape index (κ1) is 28.4. The van der Waals surface area contributed by atoms with E-state index in [0.717, 1.165) is 25.5 Å². The lowest BCUT2D eigenvalue weighted by molar-refractivity contribution is -0.139. The van der Waals surface area contributed by atoms with Crippen molar-refractivity contribution in [2.45, 2.75) is 44.7 Å². The van der Waals surface area contributed by atoms with Gasteiger partial charge in [0, 0.05) is 18.1 Å². The predicted molar refractivity (Wildman–Crippen MR) is 150 cm³/mol. The highest BCUT2D eigenvalue weighted by molar-refractivity contribution is 9.10. The molecule has 0 fully saturated rings. The zero-order valence-corrected chi connectivity index (χ0v) is 23.8.